The maximum atomic E-state index is 14.5. The molecule has 1 saturated heterocycles. The third kappa shape index (κ3) is 6.68. The van der Waals surface area contributed by atoms with Crippen molar-refractivity contribution in [1.29, 1.82) is 0 Å². The number of aromatic nitrogens is 2. The Morgan fingerprint density at radius 2 is 1.84 bits per heavy atom. The van der Waals surface area contributed by atoms with E-state index in [1.165, 1.54) is 0 Å². The molecule has 31 heavy (non-hydrogen) atoms. The second kappa shape index (κ2) is 8.95. The standard InChI is InChI=1S/C9H13BrF2N3O13P3/c10-9(2-25-30(21,22)28-31(23,24)27-29(18,19)20)5(16)4(12)7(26-9)15-1-3(11)6(13)14-8(15)17/h1,4-5,7,16H,2H2,(H,21,22)(H,23,24)(H2,13,14,17)(H2,18,19,20)/t4-,5-,7+,9+/m0/s1. The normalized spacial score (nSPS) is 30.6. The lowest BCUT2D eigenvalue weighted by atomic mass is 10.1. The zero-order chi connectivity index (χ0) is 24.0. The van der Waals surface area contributed by atoms with Gasteiger partial charge in [-0.25, -0.2) is 27.3 Å². The van der Waals surface area contributed by atoms with Gasteiger partial charge < -0.3 is 35.2 Å². The van der Waals surface area contributed by atoms with Crippen molar-refractivity contribution in [3.8, 4) is 0 Å². The van der Waals surface area contributed by atoms with E-state index in [1.54, 1.807) is 0 Å². The lowest BCUT2D eigenvalue weighted by molar-refractivity contribution is -0.0655. The Morgan fingerprint density at radius 3 is 2.39 bits per heavy atom. The maximum Gasteiger partial charge on any atom is 0.490 e. The fourth-order valence-corrected chi connectivity index (χ4v) is 5.96. The summed E-state index contributed by atoms with van der Waals surface area (Å²) < 4.78 is 75.9. The van der Waals surface area contributed by atoms with E-state index in [1.807, 2.05) is 0 Å². The Kier molecular flexibility index (Phi) is 7.68. The summed E-state index contributed by atoms with van der Waals surface area (Å²) in [6, 6.07) is 0. The molecule has 1 fully saturated rings. The van der Waals surface area contributed by atoms with Gasteiger partial charge in [0.25, 0.3) is 0 Å². The number of phosphoric ester groups is 1. The fourth-order valence-electron chi connectivity index (χ4n) is 2.17. The van der Waals surface area contributed by atoms with Crippen LogP contribution in [-0.2, 0) is 31.6 Å². The van der Waals surface area contributed by atoms with Crippen molar-refractivity contribution in [2.45, 2.75) is 23.0 Å². The minimum Gasteiger partial charge on any atom is -0.386 e. The summed E-state index contributed by atoms with van der Waals surface area (Å²) in [5, 5.41) is 10.0. The highest BCUT2D eigenvalue weighted by Gasteiger charge is 2.56. The zero-order valence-electron chi connectivity index (χ0n) is 14.5. The van der Waals surface area contributed by atoms with Crippen molar-refractivity contribution >= 4 is 45.2 Å². The number of alkyl halides is 2. The number of nitrogen functional groups attached to an aromatic ring is 1. The third-order valence-corrected chi connectivity index (χ3v) is 8.05. The smallest absolute Gasteiger partial charge is 0.386 e. The number of aliphatic hydroxyl groups is 1. The Morgan fingerprint density at radius 1 is 1.26 bits per heavy atom. The van der Waals surface area contributed by atoms with E-state index in [2.05, 4.69) is 34.1 Å². The molecule has 1 aliphatic heterocycles. The molecule has 7 N–H and O–H groups in total. The van der Waals surface area contributed by atoms with Crippen molar-refractivity contribution in [1.82, 2.24) is 9.55 Å². The SMILES string of the molecule is Nc1nc(=O)n([C@@H]2O[C@](Br)(COP(=O)(O)OP(=O)(O)OP(=O)(O)O)[C@@H](O)[C@@H]2F)cc1F. The van der Waals surface area contributed by atoms with Gasteiger partial charge in [0.1, 0.15) is 12.7 Å². The van der Waals surface area contributed by atoms with Crippen LogP contribution >= 0.6 is 39.4 Å². The number of rotatable bonds is 8. The highest BCUT2D eigenvalue weighted by Crippen LogP contribution is 2.66. The van der Waals surface area contributed by atoms with E-state index in [0.717, 1.165) is 0 Å². The number of aliphatic hydroxyl groups excluding tert-OH is 1. The number of anilines is 1. The molecule has 178 valence electrons. The monoisotopic (exact) mass is 581 g/mol. The van der Waals surface area contributed by atoms with E-state index in [-0.39, 0.29) is 4.57 Å². The maximum absolute atomic E-state index is 14.5. The molecule has 0 aromatic carbocycles. The van der Waals surface area contributed by atoms with Crippen molar-refractivity contribution in [3.63, 3.8) is 0 Å². The molecule has 0 saturated carbocycles. The minimum atomic E-state index is -5.82. The van der Waals surface area contributed by atoms with Gasteiger partial charge in [-0.2, -0.15) is 13.6 Å². The quantitative estimate of drug-likeness (QED) is 0.169. The summed E-state index contributed by atoms with van der Waals surface area (Å²) >= 11 is 2.66. The van der Waals surface area contributed by atoms with Crippen molar-refractivity contribution < 1.29 is 65.0 Å². The zero-order valence-corrected chi connectivity index (χ0v) is 18.7. The first-order valence-electron chi connectivity index (χ1n) is 7.37. The lowest BCUT2D eigenvalue weighted by Gasteiger charge is -2.26. The van der Waals surface area contributed by atoms with Gasteiger partial charge in [-0.05, 0) is 15.9 Å². The van der Waals surface area contributed by atoms with E-state index in [9.17, 15) is 37.3 Å². The molecule has 1 aromatic rings. The predicted molar refractivity (Wildman–Crippen MR) is 95.4 cm³/mol. The van der Waals surface area contributed by atoms with Gasteiger partial charge in [0.05, 0.1) is 6.20 Å². The van der Waals surface area contributed by atoms with E-state index >= 15 is 0 Å². The number of halogens is 3. The lowest BCUT2D eigenvalue weighted by Crippen LogP contribution is -2.40. The molecule has 2 unspecified atom stereocenters. The van der Waals surface area contributed by atoms with Crippen LogP contribution in [0, 0.1) is 5.82 Å². The van der Waals surface area contributed by atoms with Gasteiger partial charge >= 0.3 is 29.2 Å². The number of ether oxygens (including phenoxy) is 1. The van der Waals surface area contributed by atoms with Gasteiger partial charge in [-0.3, -0.25) is 9.09 Å². The molecule has 0 aliphatic carbocycles. The third-order valence-electron chi connectivity index (χ3n) is 3.38. The van der Waals surface area contributed by atoms with Crippen molar-refractivity contribution in [2.75, 3.05) is 12.3 Å². The van der Waals surface area contributed by atoms with Gasteiger partial charge in [0.15, 0.2) is 28.5 Å². The topological polar surface area (TPSA) is 250 Å². The van der Waals surface area contributed by atoms with Crippen LogP contribution in [0.25, 0.3) is 0 Å². The molecule has 6 atom stereocenters. The molecule has 1 aliphatic rings. The summed E-state index contributed by atoms with van der Waals surface area (Å²) in [6.07, 6.45) is -6.31. The molecule has 1 aromatic heterocycles. The molecular weight excluding hydrogens is 569 g/mol. The van der Waals surface area contributed by atoms with Gasteiger partial charge in [0.2, 0.25) is 0 Å². The number of phosphoric acid groups is 3. The molecule has 22 heteroatoms. The van der Waals surface area contributed by atoms with Crippen LogP contribution in [0.5, 0.6) is 0 Å². The summed E-state index contributed by atoms with van der Waals surface area (Å²) in [6.45, 7) is -1.31. The molecule has 2 rings (SSSR count). The Hall–Kier alpha value is -0.650. The molecule has 0 bridgehead atoms. The minimum absolute atomic E-state index is 0.285. The predicted octanol–water partition coefficient (Wildman–Crippen LogP) is -0.373. The second-order valence-corrected chi connectivity index (χ2v) is 11.5. The molecule has 0 amide bonds. The number of nitrogens with two attached hydrogens (primary N) is 1. The first-order chi connectivity index (χ1) is 13.9. The van der Waals surface area contributed by atoms with Gasteiger partial charge in [-0.15, -0.1) is 0 Å². The second-order valence-electron chi connectivity index (χ2n) is 5.71. The molecular formula is C9H13BrF2N3O13P3. The number of hydrogen-bond donors (Lipinski definition) is 6. The first kappa shape index (κ1) is 26.6. The van der Waals surface area contributed by atoms with Crippen LogP contribution in [0.1, 0.15) is 6.23 Å². The average Bonchev–Trinajstić information content (AvgIpc) is 2.78. The Balaban J connectivity index is 2.17. The summed E-state index contributed by atoms with van der Waals surface area (Å²) in [5.74, 6) is -2.03. The van der Waals surface area contributed by atoms with E-state index in [0.29, 0.717) is 6.20 Å². The number of nitrogens with zero attached hydrogens (tertiary/aromatic N) is 2. The molecule has 0 radical (unpaired) electrons. The van der Waals surface area contributed by atoms with Crippen LogP contribution in [0.15, 0.2) is 11.0 Å². The molecule has 2 heterocycles. The van der Waals surface area contributed by atoms with Crippen LogP contribution in [0.3, 0.4) is 0 Å². The molecule has 16 nitrogen and oxygen atoms in total. The highest BCUT2D eigenvalue weighted by molar-refractivity contribution is 9.10. The van der Waals surface area contributed by atoms with Crippen LogP contribution in [0.4, 0.5) is 14.6 Å². The fraction of sp³-hybridized carbons (Fsp3) is 0.556. The van der Waals surface area contributed by atoms with E-state index < -0.39 is 70.4 Å². The van der Waals surface area contributed by atoms with Crippen LogP contribution < -0.4 is 11.4 Å². The van der Waals surface area contributed by atoms with Crippen LogP contribution in [-0.4, -0.2) is 57.6 Å². The van der Waals surface area contributed by atoms with Crippen molar-refractivity contribution in [2.24, 2.45) is 0 Å². The number of hydrogen-bond acceptors (Lipinski definition) is 11. The summed E-state index contributed by atoms with van der Waals surface area (Å²) in [4.78, 5) is 50.3. The average molecular weight is 582 g/mol. The Bertz CT molecular complexity index is 1050. The van der Waals surface area contributed by atoms with Crippen LogP contribution in [0.2, 0.25) is 0 Å². The van der Waals surface area contributed by atoms with Crippen molar-refractivity contribution in [3.05, 3.63) is 22.5 Å². The van der Waals surface area contributed by atoms with E-state index in [4.69, 9.17) is 25.2 Å². The van der Waals surface area contributed by atoms with Gasteiger partial charge in [0, 0.05) is 0 Å². The highest BCUT2D eigenvalue weighted by atomic mass is 79.9. The summed E-state index contributed by atoms with van der Waals surface area (Å²) in [7, 11) is -17.1. The summed E-state index contributed by atoms with van der Waals surface area (Å²) in [5.41, 5.74) is 3.83. The largest absolute Gasteiger partial charge is 0.490 e. The van der Waals surface area contributed by atoms with Gasteiger partial charge in [-0.1, -0.05) is 0 Å². The first-order valence-corrected chi connectivity index (χ1v) is 12.7. The Labute approximate surface area is 178 Å². The molecule has 0 spiro atoms.